The summed E-state index contributed by atoms with van der Waals surface area (Å²) in [5.41, 5.74) is 4.52. The summed E-state index contributed by atoms with van der Waals surface area (Å²) in [6, 6.07) is 13.5. The van der Waals surface area contributed by atoms with Gasteiger partial charge in [0.25, 0.3) is 0 Å². The lowest BCUT2D eigenvalue weighted by molar-refractivity contribution is 0.263. The zero-order valence-electron chi connectivity index (χ0n) is 13.8. The summed E-state index contributed by atoms with van der Waals surface area (Å²) in [5, 5.41) is 8.68. The molecule has 1 aromatic carbocycles. The Balaban J connectivity index is 1.75. The van der Waals surface area contributed by atoms with Crippen molar-refractivity contribution in [2.45, 2.75) is 45.6 Å². The molecule has 0 bridgehead atoms. The van der Waals surface area contributed by atoms with Gasteiger partial charge in [-0.1, -0.05) is 38.1 Å². The van der Waals surface area contributed by atoms with Crippen LogP contribution >= 0.6 is 0 Å². The Kier molecular flexibility index (Phi) is 4.53. The second kappa shape index (κ2) is 6.57. The van der Waals surface area contributed by atoms with Crippen LogP contribution in [0.5, 0.6) is 0 Å². The first kappa shape index (κ1) is 15.2. The van der Waals surface area contributed by atoms with Gasteiger partial charge in [-0.2, -0.15) is 10.2 Å². The van der Waals surface area contributed by atoms with Crippen molar-refractivity contribution in [2.24, 2.45) is 0 Å². The molecule has 3 heteroatoms. The summed E-state index contributed by atoms with van der Waals surface area (Å²) in [5.74, 6) is 0.422. The third kappa shape index (κ3) is 3.20. The molecule has 0 amide bonds. The van der Waals surface area contributed by atoms with Gasteiger partial charge in [0, 0.05) is 11.6 Å². The van der Waals surface area contributed by atoms with Gasteiger partial charge in [-0.15, -0.1) is 0 Å². The second-order valence-corrected chi connectivity index (χ2v) is 6.54. The maximum absolute atomic E-state index is 4.36. The van der Waals surface area contributed by atoms with Gasteiger partial charge < -0.3 is 0 Å². The fraction of sp³-hybridized carbons (Fsp3) is 0.474. The predicted molar refractivity (Wildman–Crippen MR) is 90.8 cm³/mol. The number of hydrogen-bond donors (Lipinski definition) is 0. The summed E-state index contributed by atoms with van der Waals surface area (Å²) in [4.78, 5) is 2.56. The van der Waals surface area contributed by atoms with Gasteiger partial charge in [-0.25, -0.2) is 0 Å². The van der Waals surface area contributed by atoms with Crippen molar-refractivity contribution >= 4 is 0 Å². The van der Waals surface area contributed by atoms with Gasteiger partial charge in [0.05, 0.1) is 11.4 Å². The van der Waals surface area contributed by atoms with E-state index < -0.39 is 0 Å². The van der Waals surface area contributed by atoms with Gasteiger partial charge in [0.15, 0.2) is 0 Å². The molecule has 2 aromatic rings. The normalized spacial score (nSPS) is 17.1. The lowest BCUT2D eigenvalue weighted by atomic mass is 10.0. The first-order valence-electron chi connectivity index (χ1n) is 8.33. The number of likely N-dealkylation sites (tertiary alicyclic amines) is 1. The summed E-state index contributed by atoms with van der Waals surface area (Å²) in [7, 11) is 0. The van der Waals surface area contributed by atoms with E-state index in [0.717, 1.165) is 17.0 Å². The molecule has 0 spiro atoms. The standard InChI is InChI=1S/C19H25N3/c1-14(2)18-10-11-19(21-20-18)17-8-6-16(7-9-17)15(3)22-12-4-5-13-22/h6-11,14-15H,4-5,12-13H2,1-3H3/t15-/m0/s1. The first-order valence-corrected chi connectivity index (χ1v) is 8.33. The van der Waals surface area contributed by atoms with Crippen LogP contribution in [0.15, 0.2) is 36.4 Å². The Labute approximate surface area is 133 Å². The van der Waals surface area contributed by atoms with Crippen LogP contribution in [-0.4, -0.2) is 28.2 Å². The van der Waals surface area contributed by atoms with Crippen LogP contribution in [-0.2, 0) is 0 Å². The van der Waals surface area contributed by atoms with Crippen LogP contribution in [0.3, 0.4) is 0 Å². The highest BCUT2D eigenvalue weighted by Gasteiger charge is 2.19. The van der Waals surface area contributed by atoms with Gasteiger partial charge in [0.2, 0.25) is 0 Å². The highest BCUT2D eigenvalue weighted by molar-refractivity contribution is 5.59. The predicted octanol–water partition coefficient (Wildman–Crippen LogP) is 4.42. The molecule has 22 heavy (non-hydrogen) atoms. The van der Waals surface area contributed by atoms with Gasteiger partial charge in [-0.3, -0.25) is 4.90 Å². The lowest BCUT2D eigenvalue weighted by Crippen LogP contribution is -2.23. The molecule has 0 unspecified atom stereocenters. The van der Waals surface area contributed by atoms with E-state index in [9.17, 15) is 0 Å². The Morgan fingerprint density at radius 3 is 2.09 bits per heavy atom. The molecule has 1 saturated heterocycles. The summed E-state index contributed by atoms with van der Waals surface area (Å²) >= 11 is 0. The van der Waals surface area contributed by atoms with Crippen LogP contribution in [0.1, 0.15) is 56.8 Å². The average Bonchev–Trinajstić information content (AvgIpc) is 3.09. The Bertz CT molecular complexity index is 596. The molecule has 1 fully saturated rings. The molecule has 0 N–H and O–H groups in total. The number of aromatic nitrogens is 2. The van der Waals surface area contributed by atoms with Crippen molar-refractivity contribution in [1.82, 2.24) is 15.1 Å². The van der Waals surface area contributed by atoms with E-state index in [1.54, 1.807) is 0 Å². The highest BCUT2D eigenvalue weighted by Crippen LogP contribution is 2.26. The maximum Gasteiger partial charge on any atom is 0.0929 e. The molecule has 116 valence electrons. The van der Waals surface area contributed by atoms with Gasteiger partial charge in [0.1, 0.15) is 0 Å². The molecule has 3 rings (SSSR count). The molecular weight excluding hydrogens is 270 g/mol. The van der Waals surface area contributed by atoms with Crippen LogP contribution in [0.2, 0.25) is 0 Å². The van der Waals surface area contributed by atoms with E-state index in [4.69, 9.17) is 0 Å². The molecule has 1 aliphatic rings. The minimum Gasteiger partial charge on any atom is -0.297 e. The Hall–Kier alpha value is -1.74. The van der Waals surface area contributed by atoms with Gasteiger partial charge >= 0.3 is 0 Å². The average molecular weight is 295 g/mol. The second-order valence-electron chi connectivity index (χ2n) is 6.54. The van der Waals surface area contributed by atoms with Crippen molar-refractivity contribution in [2.75, 3.05) is 13.1 Å². The highest BCUT2D eigenvalue weighted by atomic mass is 15.2. The fourth-order valence-corrected chi connectivity index (χ4v) is 3.08. The molecule has 1 aromatic heterocycles. The molecule has 0 saturated carbocycles. The summed E-state index contributed by atoms with van der Waals surface area (Å²) in [6.07, 6.45) is 2.67. The van der Waals surface area contributed by atoms with Crippen LogP contribution in [0.4, 0.5) is 0 Å². The van der Waals surface area contributed by atoms with E-state index in [0.29, 0.717) is 12.0 Å². The quantitative estimate of drug-likeness (QED) is 0.836. The van der Waals surface area contributed by atoms with Crippen molar-refractivity contribution in [3.63, 3.8) is 0 Å². The molecule has 0 aliphatic carbocycles. The van der Waals surface area contributed by atoms with E-state index in [-0.39, 0.29) is 0 Å². The summed E-state index contributed by atoms with van der Waals surface area (Å²) < 4.78 is 0. The van der Waals surface area contributed by atoms with Crippen molar-refractivity contribution in [1.29, 1.82) is 0 Å². The summed E-state index contributed by atoms with van der Waals surface area (Å²) in [6.45, 7) is 9.03. The van der Waals surface area contributed by atoms with Crippen LogP contribution in [0, 0.1) is 0 Å². The van der Waals surface area contributed by atoms with Gasteiger partial charge in [-0.05, 0) is 56.5 Å². The van der Waals surface area contributed by atoms with Crippen molar-refractivity contribution < 1.29 is 0 Å². The minimum absolute atomic E-state index is 0.422. The van der Waals surface area contributed by atoms with E-state index in [1.807, 2.05) is 0 Å². The first-order chi connectivity index (χ1) is 10.6. The fourth-order valence-electron chi connectivity index (χ4n) is 3.08. The molecule has 1 atom stereocenters. The van der Waals surface area contributed by atoms with Crippen molar-refractivity contribution in [3.8, 4) is 11.3 Å². The number of hydrogen-bond acceptors (Lipinski definition) is 3. The molecular formula is C19H25N3. The van der Waals surface area contributed by atoms with Crippen LogP contribution < -0.4 is 0 Å². The van der Waals surface area contributed by atoms with Crippen LogP contribution in [0.25, 0.3) is 11.3 Å². The third-order valence-corrected chi connectivity index (χ3v) is 4.65. The zero-order chi connectivity index (χ0) is 15.5. The molecule has 2 heterocycles. The topological polar surface area (TPSA) is 29.0 Å². The van der Waals surface area contributed by atoms with E-state index >= 15 is 0 Å². The zero-order valence-corrected chi connectivity index (χ0v) is 13.8. The SMILES string of the molecule is CC(C)c1ccc(-c2ccc([C@H](C)N3CCCC3)cc2)nn1. The number of rotatable bonds is 4. The lowest BCUT2D eigenvalue weighted by Gasteiger charge is -2.24. The van der Waals surface area contributed by atoms with E-state index in [2.05, 4.69) is 72.3 Å². The Morgan fingerprint density at radius 1 is 0.864 bits per heavy atom. The Morgan fingerprint density at radius 2 is 1.55 bits per heavy atom. The monoisotopic (exact) mass is 295 g/mol. The molecule has 3 nitrogen and oxygen atoms in total. The minimum atomic E-state index is 0.422. The smallest absolute Gasteiger partial charge is 0.0929 e. The van der Waals surface area contributed by atoms with E-state index in [1.165, 1.54) is 31.5 Å². The maximum atomic E-state index is 4.36. The number of benzene rings is 1. The molecule has 1 aliphatic heterocycles. The third-order valence-electron chi connectivity index (χ3n) is 4.65. The van der Waals surface area contributed by atoms with Crippen molar-refractivity contribution in [3.05, 3.63) is 47.7 Å². The number of nitrogens with zero attached hydrogens (tertiary/aromatic N) is 3. The largest absolute Gasteiger partial charge is 0.297 e. The molecule has 0 radical (unpaired) electrons.